The first-order chi connectivity index (χ1) is 13.9. The van der Waals surface area contributed by atoms with Gasteiger partial charge in [-0.05, 0) is 12.1 Å². The fourth-order valence-electron chi connectivity index (χ4n) is 2.85. The SMILES string of the molecule is O=C(Cc1csc2nc(-c3ccccc3)cn12)Nc1ccccc1OC(F)(F)F. The second kappa shape index (κ2) is 7.59. The highest BCUT2D eigenvalue weighted by Crippen LogP contribution is 2.30. The van der Waals surface area contributed by atoms with Crippen molar-refractivity contribution in [2.24, 2.45) is 0 Å². The van der Waals surface area contributed by atoms with E-state index in [1.54, 1.807) is 5.38 Å². The van der Waals surface area contributed by atoms with E-state index >= 15 is 0 Å². The van der Waals surface area contributed by atoms with Crippen LogP contribution in [0.1, 0.15) is 5.69 Å². The zero-order valence-electron chi connectivity index (χ0n) is 14.8. The first-order valence-electron chi connectivity index (χ1n) is 8.54. The summed E-state index contributed by atoms with van der Waals surface area (Å²) in [7, 11) is 0. The largest absolute Gasteiger partial charge is 0.573 e. The molecule has 0 unspecified atom stereocenters. The molecule has 0 aliphatic heterocycles. The zero-order chi connectivity index (χ0) is 20.4. The maximum atomic E-state index is 12.5. The summed E-state index contributed by atoms with van der Waals surface area (Å²) in [5.74, 6) is -0.921. The number of para-hydroxylation sites is 2. The van der Waals surface area contributed by atoms with Crippen molar-refractivity contribution in [3.8, 4) is 17.0 Å². The van der Waals surface area contributed by atoms with Gasteiger partial charge >= 0.3 is 6.36 Å². The highest BCUT2D eigenvalue weighted by atomic mass is 32.1. The number of amides is 1. The standard InChI is InChI=1S/C20H14F3N3O2S/c21-20(22,23)28-17-9-5-4-8-15(17)24-18(27)10-14-12-29-19-25-16(11-26(14)19)13-6-2-1-3-7-13/h1-9,11-12H,10H2,(H,24,27). The van der Waals surface area contributed by atoms with Crippen molar-refractivity contribution in [1.29, 1.82) is 0 Å². The van der Waals surface area contributed by atoms with Crippen molar-refractivity contribution in [3.05, 3.63) is 71.9 Å². The van der Waals surface area contributed by atoms with Gasteiger partial charge in [0.15, 0.2) is 10.7 Å². The summed E-state index contributed by atoms with van der Waals surface area (Å²) in [5, 5.41) is 4.28. The molecule has 0 bridgehead atoms. The summed E-state index contributed by atoms with van der Waals surface area (Å²) in [4.78, 5) is 17.7. The Balaban J connectivity index is 1.52. The number of ether oxygens (including phenoxy) is 1. The smallest absolute Gasteiger partial charge is 0.404 e. The van der Waals surface area contributed by atoms with Crippen molar-refractivity contribution in [2.75, 3.05) is 5.32 Å². The summed E-state index contributed by atoms with van der Waals surface area (Å²) in [6.45, 7) is 0. The van der Waals surface area contributed by atoms with Crippen LogP contribution in [0.25, 0.3) is 16.2 Å². The van der Waals surface area contributed by atoms with Crippen LogP contribution in [0.5, 0.6) is 5.75 Å². The van der Waals surface area contributed by atoms with Gasteiger partial charge in [0.25, 0.3) is 0 Å². The van der Waals surface area contributed by atoms with Gasteiger partial charge in [0.2, 0.25) is 5.91 Å². The van der Waals surface area contributed by atoms with Crippen molar-refractivity contribution >= 4 is 27.9 Å². The van der Waals surface area contributed by atoms with Gasteiger partial charge in [0, 0.05) is 22.8 Å². The molecule has 2 heterocycles. The molecule has 5 nitrogen and oxygen atoms in total. The number of carbonyl (C=O) groups excluding carboxylic acids is 1. The molecule has 148 valence electrons. The Kier molecular flexibility index (Phi) is 4.98. The molecule has 4 aromatic rings. The number of anilines is 1. The molecule has 0 saturated carbocycles. The van der Waals surface area contributed by atoms with Gasteiger partial charge in [-0.1, -0.05) is 42.5 Å². The number of hydrogen-bond donors (Lipinski definition) is 1. The fourth-order valence-corrected chi connectivity index (χ4v) is 3.72. The predicted molar refractivity (Wildman–Crippen MR) is 104 cm³/mol. The second-order valence-corrected chi connectivity index (χ2v) is 6.98. The van der Waals surface area contributed by atoms with E-state index in [1.165, 1.54) is 29.5 Å². The lowest BCUT2D eigenvalue weighted by Gasteiger charge is -2.13. The Morgan fingerprint density at radius 2 is 1.83 bits per heavy atom. The average Bonchev–Trinajstić information content (AvgIpc) is 3.25. The third-order valence-electron chi connectivity index (χ3n) is 4.08. The Morgan fingerprint density at radius 1 is 1.10 bits per heavy atom. The predicted octanol–water partition coefficient (Wildman–Crippen LogP) is 5.14. The number of alkyl halides is 3. The molecule has 29 heavy (non-hydrogen) atoms. The molecular formula is C20H14F3N3O2S. The third kappa shape index (κ3) is 4.40. The quantitative estimate of drug-likeness (QED) is 0.489. The van der Waals surface area contributed by atoms with Crippen LogP contribution in [-0.2, 0) is 11.2 Å². The maximum Gasteiger partial charge on any atom is 0.573 e. The van der Waals surface area contributed by atoms with Crippen LogP contribution >= 0.6 is 11.3 Å². The van der Waals surface area contributed by atoms with Crippen LogP contribution in [0, 0.1) is 0 Å². The van der Waals surface area contributed by atoms with Crippen LogP contribution < -0.4 is 10.1 Å². The van der Waals surface area contributed by atoms with Crippen molar-refractivity contribution in [2.45, 2.75) is 12.8 Å². The van der Waals surface area contributed by atoms with Crippen molar-refractivity contribution < 1.29 is 22.7 Å². The third-order valence-corrected chi connectivity index (χ3v) is 4.97. The first-order valence-corrected chi connectivity index (χ1v) is 9.42. The summed E-state index contributed by atoms with van der Waals surface area (Å²) < 4.78 is 43.4. The number of thiazole rings is 1. The van der Waals surface area contributed by atoms with Crippen LogP contribution in [-0.4, -0.2) is 21.7 Å². The Bertz CT molecular complexity index is 1150. The molecule has 0 fully saturated rings. The van der Waals surface area contributed by atoms with Gasteiger partial charge in [-0.2, -0.15) is 0 Å². The van der Waals surface area contributed by atoms with E-state index in [2.05, 4.69) is 15.0 Å². The van der Waals surface area contributed by atoms with E-state index in [4.69, 9.17) is 0 Å². The molecule has 2 aromatic heterocycles. The molecule has 9 heteroatoms. The molecule has 0 saturated heterocycles. The minimum Gasteiger partial charge on any atom is -0.404 e. The maximum absolute atomic E-state index is 12.5. The molecule has 4 rings (SSSR count). The highest BCUT2D eigenvalue weighted by Gasteiger charge is 2.32. The summed E-state index contributed by atoms with van der Waals surface area (Å²) in [6.07, 6.45) is -3.03. The number of nitrogens with zero attached hydrogens (tertiary/aromatic N) is 2. The lowest BCUT2D eigenvalue weighted by molar-refractivity contribution is -0.274. The van der Waals surface area contributed by atoms with Crippen LogP contribution in [0.4, 0.5) is 18.9 Å². The number of aromatic nitrogens is 2. The van der Waals surface area contributed by atoms with Gasteiger partial charge in [0.1, 0.15) is 0 Å². The van der Waals surface area contributed by atoms with Crippen molar-refractivity contribution in [1.82, 2.24) is 9.38 Å². The number of benzene rings is 2. The molecule has 0 aliphatic rings. The lowest BCUT2D eigenvalue weighted by atomic mass is 10.2. The summed E-state index contributed by atoms with van der Waals surface area (Å²) in [5.41, 5.74) is 2.38. The fraction of sp³-hybridized carbons (Fsp3) is 0.100. The zero-order valence-corrected chi connectivity index (χ0v) is 15.6. The second-order valence-electron chi connectivity index (χ2n) is 6.14. The van der Waals surface area contributed by atoms with E-state index in [-0.39, 0.29) is 12.1 Å². The Labute approximate surface area is 167 Å². The van der Waals surface area contributed by atoms with Crippen molar-refractivity contribution in [3.63, 3.8) is 0 Å². The minimum atomic E-state index is -4.84. The Hall–Kier alpha value is -3.33. The molecule has 1 N–H and O–H groups in total. The summed E-state index contributed by atoms with van der Waals surface area (Å²) >= 11 is 1.39. The topological polar surface area (TPSA) is 55.6 Å². The van der Waals surface area contributed by atoms with Crippen LogP contribution in [0.15, 0.2) is 66.2 Å². The van der Waals surface area contributed by atoms with Gasteiger partial charge in [-0.3, -0.25) is 9.20 Å². The number of rotatable bonds is 5. The average molecular weight is 417 g/mol. The summed E-state index contributed by atoms with van der Waals surface area (Å²) in [6, 6.07) is 15.0. The van der Waals surface area contributed by atoms with Gasteiger partial charge in [-0.25, -0.2) is 4.98 Å². The van der Waals surface area contributed by atoms with Crippen LogP contribution in [0.2, 0.25) is 0 Å². The van der Waals surface area contributed by atoms with Gasteiger partial charge in [-0.15, -0.1) is 24.5 Å². The molecular weight excluding hydrogens is 403 g/mol. The van der Waals surface area contributed by atoms with E-state index in [1.807, 2.05) is 40.9 Å². The normalized spacial score (nSPS) is 11.6. The van der Waals surface area contributed by atoms with E-state index in [9.17, 15) is 18.0 Å². The van der Waals surface area contributed by atoms with Gasteiger partial charge < -0.3 is 10.1 Å². The number of nitrogens with one attached hydrogen (secondary N) is 1. The number of fused-ring (bicyclic) bond motifs is 1. The molecule has 2 aromatic carbocycles. The van der Waals surface area contributed by atoms with E-state index in [0.717, 1.165) is 22.3 Å². The number of imidazole rings is 1. The van der Waals surface area contributed by atoms with Crippen LogP contribution in [0.3, 0.4) is 0 Å². The van der Waals surface area contributed by atoms with E-state index < -0.39 is 18.0 Å². The van der Waals surface area contributed by atoms with Gasteiger partial charge in [0.05, 0.1) is 17.8 Å². The molecule has 0 aliphatic carbocycles. The molecule has 1 amide bonds. The number of carbonyl (C=O) groups is 1. The van der Waals surface area contributed by atoms with E-state index in [0.29, 0.717) is 5.69 Å². The first kappa shape index (κ1) is 19.0. The molecule has 0 radical (unpaired) electrons. The lowest BCUT2D eigenvalue weighted by Crippen LogP contribution is -2.20. The monoisotopic (exact) mass is 417 g/mol. The number of halogens is 3. The molecule has 0 spiro atoms. The minimum absolute atomic E-state index is 0.0229. The number of hydrogen-bond acceptors (Lipinski definition) is 4. The Morgan fingerprint density at radius 3 is 2.59 bits per heavy atom. The molecule has 0 atom stereocenters. The highest BCUT2D eigenvalue weighted by molar-refractivity contribution is 7.15.